The third kappa shape index (κ3) is 7.11. The van der Waals surface area contributed by atoms with Gasteiger partial charge in [-0.1, -0.05) is 40.5 Å². The Morgan fingerprint density at radius 1 is 1.15 bits per heavy atom. The van der Waals surface area contributed by atoms with Crippen molar-refractivity contribution in [2.75, 3.05) is 13.1 Å². The minimum atomic E-state index is 0.513. The van der Waals surface area contributed by atoms with Crippen molar-refractivity contribution in [1.29, 1.82) is 0 Å². The van der Waals surface area contributed by atoms with Crippen LogP contribution in [0.1, 0.15) is 64.7 Å². The minimum absolute atomic E-state index is 0.513. The van der Waals surface area contributed by atoms with E-state index in [4.69, 9.17) is 4.42 Å². The van der Waals surface area contributed by atoms with Crippen LogP contribution in [0.25, 0.3) is 0 Å². The molecule has 116 valence electrons. The maximum Gasteiger partial charge on any atom is 0.118 e. The van der Waals surface area contributed by atoms with Crippen LogP contribution in [0.15, 0.2) is 16.7 Å². The van der Waals surface area contributed by atoms with Gasteiger partial charge in [-0.15, -0.1) is 0 Å². The Kier molecular flexibility index (Phi) is 8.63. The van der Waals surface area contributed by atoms with Gasteiger partial charge in [0.15, 0.2) is 0 Å². The molecule has 0 bridgehead atoms. The molecule has 0 aliphatic heterocycles. The van der Waals surface area contributed by atoms with Crippen LogP contribution in [-0.4, -0.2) is 24.0 Å². The standard InChI is InChI=1S/C17H32N2O/c1-5-7-9-19(10-8-6-2)13-17-11-16(14-20-17)12-18-15(3)4/h11,14-15,18H,5-10,12-13H2,1-4H3. The Morgan fingerprint density at radius 2 is 1.80 bits per heavy atom. The molecule has 0 saturated carbocycles. The highest BCUT2D eigenvalue weighted by atomic mass is 16.3. The predicted octanol–water partition coefficient (Wildman–Crippen LogP) is 4.18. The van der Waals surface area contributed by atoms with Crippen LogP contribution in [0, 0.1) is 0 Å². The van der Waals surface area contributed by atoms with Gasteiger partial charge in [-0.25, -0.2) is 0 Å². The number of furan rings is 1. The Hall–Kier alpha value is -0.800. The number of nitrogens with one attached hydrogen (secondary N) is 1. The molecule has 0 aromatic carbocycles. The van der Waals surface area contributed by atoms with E-state index in [1.165, 1.54) is 44.3 Å². The average Bonchev–Trinajstić information content (AvgIpc) is 2.87. The van der Waals surface area contributed by atoms with E-state index in [1.807, 2.05) is 6.26 Å². The molecule has 1 aromatic heterocycles. The van der Waals surface area contributed by atoms with Crippen molar-refractivity contribution >= 4 is 0 Å². The highest BCUT2D eigenvalue weighted by Crippen LogP contribution is 2.12. The molecule has 1 aromatic rings. The summed E-state index contributed by atoms with van der Waals surface area (Å²) in [7, 11) is 0. The van der Waals surface area contributed by atoms with Gasteiger partial charge < -0.3 is 9.73 Å². The van der Waals surface area contributed by atoms with Crippen molar-refractivity contribution in [3.63, 3.8) is 0 Å². The molecule has 0 unspecified atom stereocenters. The van der Waals surface area contributed by atoms with Crippen molar-refractivity contribution in [1.82, 2.24) is 10.2 Å². The lowest BCUT2D eigenvalue weighted by Crippen LogP contribution is -2.25. The minimum Gasteiger partial charge on any atom is -0.468 e. The zero-order valence-corrected chi connectivity index (χ0v) is 13.7. The highest BCUT2D eigenvalue weighted by Gasteiger charge is 2.09. The first kappa shape index (κ1) is 17.3. The SMILES string of the molecule is CCCCN(CCCC)Cc1cc(CNC(C)C)co1. The molecule has 1 N–H and O–H groups in total. The number of rotatable bonds is 11. The van der Waals surface area contributed by atoms with Gasteiger partial charge in [0.2, 0.25) is 0 Å². The molecule has 1 rings (SSSR count). The first-order chi connectivity index (χ1) is 9.65. The van der Waals surface area contributed by atoms with Crippen molar-refractivity contribution in [2.45, 2.75) is 72.5 Å². The molecule has 0 radical (unpaired) electrons. The molecule has 1 heterocycles. The van der Waals surface area contributed by atoms with Crippen molar-refractivity contribution in [2.24, 2.45) is 0 Å². The summed E-state index contributed by atoms with van der Waals surface area (Å²) < 4.78 is 5.71. The zero-order valence-electron chi connectivity index (χ0n) is 13.7. The fourth-order valence-corrected chi connectivity index (χ4v) is 2.18. The van der Waals surface area contributed by atoms with Gasteiger partial charge in [0.1, 0.15) is 5.76 Å². The summed E-state index contributed by atoms with van der Waals surface area (Å²) in [5.74, 6) is 1.10. The van der Waals surface area contributed by atoms with Crippen LogP contribution < -0.4 is 5.32 Å². The van der Waals surface area contributed by atoms with E-state index in [1.54, 1.807) is 0 Å². The molecular weight excluding hydrogens is 248 g/mol. The van der Waals surface area contributed by atoms with E-state index in [9.17, 15) is 0 Å². The molecule has 0 amide bonds. The molecule has 20 heavy (non-hydrogen) atoms. The molecule has 0 aliphatic rings. The Balaban J connectivity index is 2.45. The second-order valence-corrected chi connectivity index (χ2v) is 5.94. The normalized spacial score (nSPS) is 11.7. The maximum atomic E-state index is 5.71. The number of hydrogen-bond acceptors (Lipinski definition) is 3. The van der Waals surface area contributed by atoms with Gasteiger partial charge in [0.05, 0.1) is 12.8 Å². The largest absolute Gasteiger partial charge is 0.468 e. The molecule has 0 aliphatic carbocycles. The van der Waals surface area contributed by atoms with E-state index >= 15 is 0 Å². The Labute approximate surface area is 124 Å². The third-order valence-electron chi connectivity index (χ3n) is 3.46. The van der Waals surface area contributed by atoms with Gasteiger partial charge >= 0.3 is 0 Å². The Bertz CT molecular complexity index is 339. The number of hydrogen-bond donors (Lipinski definition) is 1. The molecule has 3 heteroatoms. The monoisotopic (exact) mass is 280 g/mol. The summed E-state index contributed by atoms with van der Waals surface area (Å²) in [5.41, 5.74) is 1.25. The lowest BCUT2D eigenvalue weighted by atomic mass is 10.2. The van der Waals surface area contributed by atoms with Crippen molar-refractivity contribution in [3.8, 4) is 0 Å². The van der Waals surface area contributed by atoms with E-state index in [2.05, 4.69) is 44.0 Å². The molecule has 0 atom stereocenters. The fourth-order valence-electron chi connectivity index (χ4n) is 2.18. The molecule has 0 fully saturated rings. The van der Waals surface area contributed by atoms with Gasteiger partial charge in [-0.2, -0.15) is 0 Å². The zero-order chi connectivity index (χ0) is 14.8. The van der Waals surface area contributed by atoms with Crippen LogP contribution in [0.4, 0.5) is 0 Å². The van der Waals surface area contributed by atoms with E-state index in [-0.39, 0.29) is 0 Å². The van der Waals surface area contributed by atoms with Gasteiger partial charge in [-0.05, 0) is 32.0 Å². The summed E-state index contributed by atoms with van der Waals surface area (Å²) in [4.78, 5) is 2.52. The van der Waals surface area contributed by atoms with Gasteiger partial charge in [0, 0.05) is 18.2 Å². The van der Waals surface area contributed by atoms with Crippen LogP contribution >= 0.6 is 0 Å². The van der Waals surface area contributed by atoms with Crippen LogP contribution in [0.2, 0.25) is 0 Å². The third-order valence-corrected chi connectivity index (χ3v) is 3.46. The number of nitrogens with zero attached hydrogens (tertiary/aromatic N) is 1. The Morgan fingerprint density at radius 3 is 2.35 bits per heavy atom. The highest BCUT2D eigenvalue weighted by molar-refractivity contribution is 5.12. The summed E-state index contributed by atoms with van der Waals surface area (Å²) >= 11 is 0. The lowest BCUT2D eigenvalue weighted by Gasteiger charge is -2.20. The van der Waals surface area contributed by atoms with Gasteiger partial charge in [0.25, 0.3) is 0 Å². The summed E-state index contributed by atoms with van der Waals surface area (Å²) in [6.07, 6.45) is 6.94. The van der Waals surface area contributed by atoms with Gasteiger partial charge in [-0.3, -0.25) is 4.90 Å². The summed E-state index contributed by atoms with van der Waals surface area (Å²) in [6.45, 7) is 13.0. The second kappa shape index (κ2) is 10.0. The van der Waals surface area contributed by atoms with E-state index < -0.39 is 0 Å². The lowest BCUT2D eigenvalue weighted by molar-refractivity contribution is 0.237. The topological polar surface area (TPSA) is 28.4 Å². The smallest absolute Gasteiger partial charge is 0.118 e. The second-order valence-electron chi connectivity index (χ2n) is 5.94. The first-order valence-electron chi connectivity index (χ1n) is 8.17. The van der Waals surface area contributed by atoms with E-state index in [0.717, 1.165) is 18.8 Å². The first-order valence-corrected chi connectivity index (χ1v) is 8.17. The molecule has 3 nitrogen and oxygen atoms in total. The molecule has 0 spiro atoms. The van der Waals surface area contributed by atoms with E-state index in [0.29, 0.717) is 6.04 Å². The summed E-state index contributed by atoms with van der Waals surface area (Å²) in [6, 6.07) is 2.71. The summed E-state index contributed by atoms with van der Waals surface area (Å²) in [5, 5.41) is 3.42. The van der Waals surface area contributed by atoms with Crippen molar-refractivity contribution in [3.05, 3.63) is 23.7 Å². The average molecular weight is 280 g/mol. The van der Waals surface area contributed by atoms with Crippen molar-refractivity contribution < 1.29 is 4.42 Å². The van der Waals surface area contributed by atoms with Crippen LogP contribution in [0.5, 0.6) is 0 Å². The molecule has 0 saturated heterocycles. The number of unbranched alkanes of at least 4 members (excludes halogenated alkanes) is 2. The maximum absolute atomic E-state index is 5.71. The molecular formula is C17H32N2O. The fraction of sp³-hybridized carbons (Fsp3) is 0.765. The predicted molar refractivity (Wildman–Crippen MR) is 85.8 cm³/mol. The quantitative estimate of drug-likeness (QED) is 0.659. The van der Waals surface area contributed by atoms with Crippen LogP contribution in [-0.2, 0) is 13.1 Å². The van der Waals surface area contributed by atoms with Crippen LogP contribution in [0.3, 0.4) is 0 Å².